The van der Waals surface area contributed by atoms with E-state index in [0.717, 1.165) is 37.7 Å². The fourth-order valence-electron chi connectivity index (χ4n) is 7.28. The molecule has 3 fully saturated rings. The van der Waals surface area contributed by atoms with Crippen LogP contribution in [0, 0.1) is 34.5 Å². The summed E-state index contributed by atoms with van der Waals surface area (Å²) in [7, 11) is 0. The minimum Gasteiger partial charge on any atom is -0.361 e. The molecule has 0 heterocycles. The van der Waals surface area contributed by atoms with Crippen molar-refractivity contribution in [3.8, 4) is 0 Å². The topological polar surface area (TPSA) is 37.3 Å². The van der Waals surface area contributed by atoms with E-state index in [1.807, 2.05) is 0 Å². The lowest BCUT2D eigenvalue weighted by atomic mass is 9.47. The van der Waals surface area contributed by atoms with Crippen LogP contribution in [0.5, 0.6) is 0 Å². The van der Waals surface area contributed by atoms with Crippen LogP contribution in [0.25, 0.3) is 0 Å². The van der Waals surface area contributed by atoms with Crippen molar-refractivity contribution in [3.63, 3.8) is 0 Å². The van der Waals surface area contributed by atoms with E-state index < -0.39 is 5.85 Å². The van der Waals surface area contributed by atoms with E-state index >= 15 is 0 Å². The van der Waals surface area contributed by atoms with Crippen molar-refractivity contribution in [1.82, 2.24) is 0 Å². The Bertz CT molecular complexity index is 595. The van der Waals surface area contributed by atoms with Gasteiger partial charge in [-0.15, -0.1) is 0 Å². The van der Waals surface area contributed by atoms with Crippen LogP contribution in [0.3, 0.4) is 0 Å². The van der Waals surface area contributed by atoms with Crippen molar-refractivity contribution in [2.24, 2.45) is 34.5 Å². The summed E-state index contributed by atoms with van der Waals surface area (Å²) in [4.78, 5) is 12.1. The zero-order valence-electron chi connectivity index (χ0n) is 15.3. The molecule has 0 aromatic rings. The van der Waals surface area contributed by atoms with Gasteiger partial charge in [-0.25, -0.2) is 4.39 Å². The lowest BCUT2D eigenvalue weighted by Crippen LogP contribution is -2.51. The molecule has 3 heteroatoms. The SMILES string of the molecule is CC(=O)[C@H]1CCC2C3CC=C4C[C@@](O)(F)CC[C@]4(C)C3CC[C@@]21C. The van der Waals surface area contributed by atoms with Gasteiger partial charge in [-0.1, -0.05) is 25.5 Å². The first-order valence-corrected chi connectivity index (χ1v) is 9.79. The molecule has 2 nitrogen and oxygen atoms in total. The fraction of sp³-hybridized carbons (Fsp3) is 0.857. The number of hydrogen-bond acceptors (Lipinski definition) is 2. The van der Waals surface area contributed by atoms with Gasteiger partial charge in [0.1, 0.15) is 5.78 Å². The van der Waals surface area contributed by atoms with E-state index in [9.17, 15) is 14.3 Å². The number of carbonyl (C=O) groups excluding carboxylic acids is 1. The van der Waals surface area contributed by atoms with Gasteiger partial charge in [0.2, 0.25) is 5.85 Å². The standard InChI is InChI=1S/C21H31FO2/c1-13(23)16-6-7-17-15-5-4-14-12-21(22,24)11-10-19(14,2)18(15)8-9-20(16,17)3/h4,15-18,24H,5-12H2,1-3H3/t15?,16-,17?,18?,19+,20-,21-/m1/s1. The molecule has 4 rings (SSSR count). The molecule has 0 radical (unpaired) electrons. The van der Waals surface area contributed by atoms with Crippen LogP contribution in [-0.4, -0.2) is 16.7 Å². The summed E-state index contributed by atoms with van der Waals surface area (Å²) in [6.07, 6.45) is 8.99. The zero-order valence-corrected chi connectivity index (χ0v) is 15.3. The first kappa shape index (κ1) is 16.8. The van der Waals surface area contributed by atoms with E-state index in [-0.39, 0.29) is 29.6 Å². The highest BCUT2D eigenvalue weighted by molar-refractivity contribution is 5.79. The Kier molecular flexibility index (Phi) is 3.60. The van der Waals surface area contributed by atoms with E-state index in [1.165, 1.54) is 6.42 Å². The summed E-state index contributed by atoms with van der Waals surface area (Å²) in [5, 5.41) is 9.87. The van der Waals surface area contributed by atoms with E-state index in [4.69, 9.17) is 0 Å². The molecule has 4 aliphatic carbocycles. The third kappa shape index (κ3) is 2.19. The molecule has 4 aliphatic rings. The normalized spacial score (nSPS) is 53.6. The Labute approximate surface area is 144 Å². The Balaban J connectivity index is 1.66. The molecular formula is C21H31FO2. The molecule has 1 N–H and O–H groups in total. The van der Waals surface area contributed by atoms with Crippen LogP contribution in [0.4, 0.5) is 4.39 Å². The highest BCUT2D eigenvalue weighted by Gasteiger charge is 2.60. The smallest absolute Gasteiger partial charge is 0.210 e. The minimum absolute atomic E-state index is 0.0525. The van der Waals surface area contributed by atoms with Crippen LogP contribution >= 0.6 is 0 Å². The monoisotopic (exact) mass is 334 g/mol. The summed E-state index contributed by atoms with van der Waals surface area (Å²) >= 11 is 0. The third-order valence-corrected chi connectivity index (χ3v) is 8.60. The van der Waals surface area contributed by atoms with Crippen LogP contribution < -0.4 is 0 Å². The third-order valence-electron chi connectivity index (χ3n) is 8.60. The molecule has 0 aromatic carbocycles. The van der Waals surface area contributed by atoms with Gasteiger partial charge >= 0.3 is 0 Å². The number of ketones is 1. The summed E-state index contributed by atoms with van der Waals surface area (Å²) in [6, 6.07) is 0. The first-order chi connectivity index (χ1) is 11.2. The molecule has 0 saturated heterocycles. The number of Topliss-reactive ketones (excluding diaryl/α,β-unsaturated/α-hetero) is 1. The van der Waals surface area contributed by atoms with Crippen LogP contribution in [0.1, 0.15) is 72.1 Å². The largest absolute Gasteiger partial charge is 0.361 e. The first-order valence-electron chi connectivity index (χ1n) is 9.79. The Morgan fingerprint density at radius 2 is 1.92 bits per heavy atom. The second kappa shape index (κ2) is 5.16. The lowest BCUT2D eigenvalue weighted by Gasteiger charge is -2.58. The van der Waals surface area contributed by atoms with Gasteiger partial charge in [0, 0.05) is 18.8 Å². The molecule has 0 aliphatic heterocycles. The molecular weight excluding hydrogens is 303 g/mol. The quantitative estimate of drug-likeness (QED) is 0.699. The van der Waals surface area contributed by atoms with Gasteiger partial charge in [0.05, 0.1) is 0 Å². The maximum absolute atomic E-state index is 14.1. The predicted molar refractivity (Wildman–Crippen MR) is 91.9 cm³/mol. The number of allylic oxidation sites excluding steroid dienone is 1. The van der Waals surface area contributed by atoms with Crippen molar-refractivity contribution in [2.75, 3.05) is 0 Å². The van der Waals surface area contributed by atoms with Crippen molar-refractivity contribution in [2.45, 2.75) is 78.0 Å². The Hall–Kier alpha value is -0.700. The van der Waals surface area contributed by atoms with Crippen LogP contribution in [0.15, 0.2) is 11.6 Å². The van der Waals surface area contributed by atoms with Crippen molar-refractivity contribution in [3.05, 3.63) is 11.6 Å². The highest BCUT2D eigenvalue weighted by Crippen LogP contribution is 2.66. The number of rotatable bonds is 1. The number of carbonyl (C=O) groups is 1. The van der Waals surface area contributed by atoms with Gasteiger partial charge in [-0.3, -0.25) is 4.79 Å². The molecule has 3 saturated carbocycles. The second-order valence-corrected chi connectivity index (χ2v) is 9.64. The molecule has 0 aromatic heterocycles. The average Bonchev–Trinajstić information content (AvgIpc) is 2.85. The summed E-state index contributed by atoms with van der Waals surface area (Å²) in [5.74, 6) is 0.464. The summed E-state index contributed by atoms with van der Waals surface area (Å²) in [6.45, 7) is 6.44. The average molecular weight is 334 g/mol. The molecule has 134 valence electrons. The van der Waals surface area contributed by atoms with Crippen molar-refractivity contribution < 1.29 is 14.3 Å². The van der Waals surface area contributed by atoms with Gasteiger partial charge in [0.25, 0.3) is 0 Å². The summed E-state index contributed by atoms with van der Waals surface area (Å²) < 4.78 is 14.1. The Morgan fingerprint density at radius 1 is 1.17 bits per heavy atom. The summed E-state index contributed by atoms with van der Waals surface area (Å²) in [5.41, 5.74) is 1.38. The number of fused-ring (bicyclic) bond motifs is 5. The number of aliphatic hydroxyl groups is 1. The Morgan fingerprint density at radius 3 is 2.62 bits per heavy atom. The van der Waals surface area contributed by atoms with E-state index in [1.54, 1.807) is 6.92 Å². The molecule has 3 unspecified atom stereocenters. The fourth-order valence-corrected chi connectivity index (χ4v) is 7.28. The zero-order chi connectivity index (χ0) is 17.3. The molecule has 0 spiro atoms. The number of halogens is 1. The van der Waals surface area contributed by atoms with Crippen LogP contribution in [0.2, 0.25) is 0 Å². The number of alkyl halides is 1. The predicted octanol–water partition coefficient (Wildman–Crippen LogP) is 4.81. The van der Waals surface area contributed by atoms with Crippen molar-refractivity contribution >= 4 is 5.78 Å². The van der Waals surface area contributed by atoms with Crippen LogP contribution in [-0.2, 0) is 4.79 Å². The maximum Gasteiger partial charge on any atom is 0.210 e. The molecule has 0 amide bonds. The molecule has 24 heavy (non-hydrogen) atoms. The van der Waals surface area contributed by atoms with Gasteiger partial charge in [-0.05, 0) is 74.0 Å². The minimum atomic E-state index is -2.01. The lowest BCUT2D eigenvalue weighted by molar-refractivity contribution is -0.137. The van der Waals surface area contributed by atoms with E-state index in [0.29, 0.717) is 23.5 Å². The van der Waals surface area contributed by atoms with E-state index in [2.05, 4.69) is 19.9 Å². The molecule has 0 bridgehead atoms. The second-order valence-electron chi connectivity index (χ2n) is 9.64. The van der Waals surface area contributed by atoms with Crippen molar-refractivity contribution in [1.29, 1.82) is 0 Å². The van der Waals surface area contributed by atoms with Gasteiger partial charge in [0.15, 0.2) is 0 Å². The van der Waals surface area contributed by atoms with Gasteiger partial charge in [-0.2, -0.15) is 0 Å². The maximum atomic E-state index is 14.1. The molecule has 7 atom stereocenters. The van der Waals surface area contributed by atoms with Gasteiger partial charge < -0.3 is 5.11 Å². The number of hydrogen-bond donors (Lipinski definition) is 1. The highest BCUT2D eigenvalue weighted by atomic mass is 19.2.